The van der Waals surface area contributed by atoms with Crippen LogP contribution in [0.1, 0.15) is 183 Å². The van der Waals surface area contributed by atoms with Gasteiger partial charge in [-0.2, -0.15) is 0 Å². The molecule has 0 aliphatic carbocycles. The summed E-state index contributed by atoms with van der Waals surface area (Å²) in [7, 11) is 6.13. The van der Waals surface area contributed by atoms with E-state index in [1.807, 2.05) is 54.1 Å². The number of esters is 2. The molecule has 0 aromatic carbocycles. The Bertz CT molecular complexity index is 1020. The minimum atomic E-state index is -0.127. The number of carbonyl (C=O) groups excluding carboxylic acids is 2. The molecule has 0 amide bonds. The average molecular weight is 1030 g/mol. The van der Waals surface area contributed by atoms with Gasteiger partial charge in [0.1, 0.15) is 13.2 Å². The molecule has 0 bridgehead atoms. The highest BCUT2D eigenvalue weighted by Gasteiger charge is 2.20. The van der Waals surface area contributed by atoms with E-state index in [2.05, 4.69) is 75.7 Å². The van der Waals surface area contributed by atoms with Gasteiger partial charge in [-0.15, -0.1) is 47.0 Å². The van der Waals surface area contributed by atoms with Crippen LogP contribution in [0.3, 0.4) is 0 Å². The zero-order valence-electron chi connectivity index (χ0n) is 45.2. The number of thioether (sulfide) groups is 4. The molecule has 0 atom stereocenters. The van der Waals surface area contributed by atoms with Crippen molar-refractivity contribution in [2.45, 2.75) is 191 Å². The van der Waals surface area contributed by atoms with Crippen LogP contribution in [0.15, 0.2) is 0 Å². The van der Waals surface area contributed by atoms with Crippen LogP contribution in [0.4, 0.5) is 0 Å². The predicted octanol–water partition coefficient (Wildman–Crippen LogP) is 12.5. The summed E-state index contributed by atoms with van der Waals surface area (Å²) >= 11 is 7.54. The van der Waals surface area contributed by atoms with Crippen LogP contribution in [0.2, 0.25) is 0 Å². The Balaban J connectivity index is 4.00. The van der Waals surface area contributed by atoms with E-state index in [0.717, 1.165) is 88.7 Å². The minimum Gasteiger partial charge on any atom is -0.465 e. The third-order valence-corrected chi connectivity index (χ3v) is 17.6. The Kier molecular flexibility index (Phi) is 48.4. The Morgan fingerprint density at radius 3 is 1.10 bits per heavy atom. The standard InChI is InChI=1S/C53H108N4O6S4/c1-10-12-14-16-18-20-22-24-26-28-40-60-42-46-64-52(3,4)66-48-44-62-50(58)30-33-55(8)36-38-57(35-32-54-7)39-37-56(9)34-31-51(59)63-45-49-67-53(5,6)65-47-43-61-41-29-27-25-23-21-19-17-15-13-11-2/h54H,10-49H2,1-9H3. The summed E-state index contributed by atoms with van der Waals surface area (Å²) in [6.07, 6.45) is 27.8. The maximum absolute atomic E-state index is 12.5. The summed E-state index contributed by atoms with van der Waals surface area (Å²) in [5.74, 6) is 3.31. The average Bonchev–Trinajstić information content (AvgIpc) is 3.30. The molecule has 0 saturated carbocycles. The Morgan fingerprint density at radius 2 is 0.761 bits per heavy atom. The highest BCUT2D eigenvalue weighted by atomic mass is 32.2. The maximum Gasteiger partial charge on any atom is 0.307 e. The van der Waals surface area contributed by atoms with E-state index in [1.165, 1.54) is 128 Å². The summed E-state index contributed by atoms with van der Waals surface area (Å²) in [5.41, 5.74) is 0. The number of ether oxygens (including phenoxy) is 4. The van der Waals surface area contributed by atoms with Crippen LogP contribution < -0.4 is 5.32 Å². The number of likely N-dealkylation sites (N-methyl/N-ethyl adjacent to an activating group) is 3. The number of unbranched alkanes of at least 4 members (excludes halogenated alkanes) is 18. The molecule has 0 spiro atoms. The zero-order chi connectivity index (χ0) is 49.5. The van der Waals surface area contributed by atoms with Gasteiger partial charge in [-0.3, -0.25) is 14.5 Å². The second-order valence-electron chi connectivity index (χ2n) is 19.3. The second kappa shape index (κ2) is 48.4. The van der Waals surface area contributed by atoms with Crippen molar-refractivity contribution >= 4 is 59.0 Å². The van der Waals surface area contributed by atoms with E-state index < -0.39 is 0 Å². The molecule has 0 heterocycles. The number of nitrogens with zero attached hydrogens (tertiary/aromatic N) is 3. The number of hydrogen-bond acceptors (Lipinski definition) is 14. The van der Waals surface area contributed by atoms with Gasteiger partial charge in [-0.25, -0.2) is 0 Å². The van der Waals surface area contributed by atoms with Crippen molar-refractivity contribution in [2.75, 3.05) is 136 Å². The van der Waals surface area contributed by atoms with Crippen LogP contribution in [0.5, 0.6) is 0 Å². The molecule has 0 fully saturated rings. The summed E-state index contributed by atoms with van der Waals surface area (Å²) in [6.45, 7) is 24.6. The molecule has 1 N–H and O–H groups in total. The van der Waals surface area contributed by atoms with Gasteiger partial charge in [0.05, 0.1) is 34.2 Å². The fourth-order valence-corrected chi connectivity index (χ4v) is 11.8. The van der Waals surface area contributed by atoms with Crippen molar-refractivity contribution in [2.24, 2.45) is 0 Å². The Labute approximate surface area is 432 Å². The first-order valence-corrected chi connectivity index (χ1v) is 31.0. The van der Waals surface area contributed by atoms with Gasteiger partial charge in [-0.1, -0.05) is 129 Å². The summed E-state index contributed by atoms with van der Waals surface area (Å²) in [5, 5.41) is 3.27. The smallest absolute Gasteiger partial charge is 0.307 e. The predicted molar refractivity (Wildman–Crippen MR) is 300 cm³/mol. The van der Waals surface area contributed by atoms with Crippen molar-refractivity contribution in [1.29, 1.82) is 0 Å². The molecular weight excluding hydrogens is 917 g/mol. The lowest BCUT2D eigenvalue weighted by Crippen LogP contribution is -2.41. The largest absolute Gasteiger partial charge is 0.465 e. The minimum absolute atomic E-state index is 0.0608. The maximum atomic E-state index is 12.5. The van der Waals surface area contributed by atoms with Crippen molar-refractivity contribution < 1.29 is 28.5 Å². The van der Waals surface area contributed by atoms with Crippen molar-refractivity contribution in [1.82, 2.24) is 20.0 Å². The highest BCUT2D eigenvalue weighted by Crippen LogP contribution is 2.37. The van der Waals surface area contributed by atoms with E-state index >= 15 is 0 Å². The number of hydrogen-bond donors (Lipinski definition) is 1. The third-order valence-electron chi connectivity index (χ3n) is 11.9. The number of nitrogens with one attached hydrogen (secondary N) is 1. The lowest BCUT2D eigenvalue weighted by atomic mass is 10.1. The van der Waals surface area contributed by atoms with Gasteiger partial charge in [0, 0.05) is 88.6 Å². The molecule has 0 aromatic rings. The summed E-state index contributed by atoms with van der Waals surface area (Å²) in [6, 6.07) is 0. The molecule has 400 valence electrons. The van der Waals surface area contributed by atoms with E-state index in [4.69, 9.17) is 18.9 Å². The molecule has 0 saturated heterocycles. The topological polar surface area (TPSA) is 92.8 Å². The van der Waals surface area contributed by atoms with Crippen molar-refractivity contribution in [3.8, 4) is 0 Å². The Hall–Kier alpha value is 0.1000. The molecule has 0 aliphatic heterocycles. The van der Waals surface area contributed by atoms with Crippen LogP contribution in [0.25, 0.3) is 0 Å². The first-order chi connectivity index (χ1) is 32.3. The van der Waals surface area contributed by atoms with Gasteiger partial charge in [0.25, 0.3) is 0 Å². The number of carbonyl (C=O) groups is 2. The lowest BCUT2D eigenvalue weighted by molar-refractivity contribution is -0.144. The molecule has 0 aromatic heterocycles. The van der Waals surface area contributed by atoms with Gasteiger partial charge in [0.15, 0.2) is 0 Å². The van der Waals surface area contributed by atoms with Crippen LogP contribution in [0, 0.1) is 0 Å². The van der Waals surface area contributed by atoms with Crippen molar-refractivity contribution in [3.05, 3.63) is 0 Å². The quantitative estimate of drug-likeness (QED) is 0.0356. The first kappa shape index (κ1) is 67.1. The van der Waals surface area contributed by atoms with Crippen LogP contribution in [-0.4, -0.2) is 171 Å². The lowest BCUT2D eigenvalue weighted by Gasteiger charge is -2.27. The number of rotatable bonds is 53. The van der Waals surface area contributed by atoms with E-state index in [9.17, 15) is 9.59 Å². The Morgan fingerprint density at radius 1 is 0.433 bits per heavy atom. The van der Waals surface area contributed by atoms with Gasteiger partial charge in [0.2, 0.25) is 0 Å². The fraction of sp³-hybridized carbons (Fsp3) is 0.962. The van der Waals surface area contributed by atoms with Gasteiger partial charge < -0.3 is 34.1 Å². The van der Waals surface area contributed by atoms with Crippen LogP contribution in [-0.2, 0) is 28.5 Å². The monoisotopic (exact) mass is 1020 g/mol. The molecular formula is C53H108N4O6S4. The zero-order valence-corrected chi connectivity index (χ0v) is 48.5. The SMILES string of the molecule is CCCCCCCCCCCCOCCSC(C)(C)SCCOC(=O)CCN(C)CCN(CCNC)CCN(C)CCC(=O)OCCSC(C)(C)SCCOCCCCCCCCCCCC. The summed E-state index contributed by atoms with van der Waals surface area (Å²) < 4.78 is 23.1. The molecule has 14 heteroatoms. The highest BCUT2D eigenvalue weighted by molar-refractivity contribution is 8.18. The van der Waals surface area contributed by atoms with Gasteiger partial charge in [-0.05, 0) is 61.7 Å². The molecule has 0 radical (unpaired) electrons. The third kappa shape index (κ3) is 49.5. The second-order valence-corrected chi connectivity index (χ2v) is 26.7. The van der Waals surface area contributed by atoms with Crippen molar-refractivity contribution in [3.63, 3.8) is 0 Å². The van der Waals surface area contributed by atoms with E-state index in [-0.39, 0.29) is 20.1 Å². The van der Waals surface area contributed by atoms with E-state index in [0.29, 0.717) is 39.1 Å². The van der Waals surface area contributed by atoms with Gasteiger partial charge >= 0.3 is 11.9 Å². The molecule has 0 aliphatic rings. The summed E-state index contributed by atoms with van der Waals surface area (Å²) in [4.78, 5) is 32.0. The molecule has 0 rings (SSSR count). The first-order valence-electron chi connectivity index (χ1n) is 27.1. The molecule has 67 heavy (non-hydrogen) atoms. The fourth-order valence-electron chi connectivity index (χ4n) is 7.41. The molecule has 10 nitrogen and oxygen atoms in total. The van der Waals surface area contributed by atoms with E-state index in [1.54, 1.807) is 0 Å². The van der Waals surface area contributed by atoms with Crippen LogP contribution >= 0.6 is 47.0 Å². The molecule has 0 unspecified atom stereocenters. The normalized spacial score (nSPS) is 12.3.